The van der Waals surface area contributed by atoms with Crippen LogP contribution in [0.25, 0.3) is 0 Å². The highest BCUT2D eigenvalue weighted by Crippen LogP contribution is 2.19. The van der Waals surface area contributed by atoms with Crippen molar-refractivity contribution in [1.82, 2.24) is 15.2 Å². The molecule has 0 bridgehead atoms. The van der Waals surface area contributed by atoms with Crippen LogP contribution in [-0.2, 0) is 5.41 Å². The molecule has 0 aliphatic heterocycles. The largest absolute Gasteiger partial charge is 0.422 e. The predicted octanol–water partition coefficient (Wildman–Crippen LogP) is 3.44. The summed E-state index contributed by atoms with van der Waals surface area (Å²) < 4.78 is 5.54. The minimum absolute atomic E-state index is 0.110. The molecule has 2 N–H and O–H groups in total. The Bertz CT molecular complexity index is 1150. The Labute approximate surface area is 174 Å². The van der Waals surface area contributed by atoms with Crippen molar-refractivity contribution in [2.45, 2.75) is 33.1 Å². The summed E-state index contributed by atoms with van der Waals surface area (Å²) >= 11 is 0. The lowest BCUT2D eigenvalue weighted by atomic mass is 9.93. The third-order valence-corrected chi connectivity index (χ3v) is 4.27. The van der Waals surface area contributed by atoms with E-state index in [9.17, 15) is 9.59 Å². The summed E-state index contributed by atoms with van der Waals surface area (Å²) in [5.74, 6) is 0.0208. The number of nitrogens with zero attached hydrogens (tertiary/aromatic N) is 3. The van der Waals surface area contributed by atoms with Gasteiger partial charge in [0.2, 0.25) is 5.95 Å². The zero-order valence-corrected chi connectivity index (χ0v) is 17.3. The maximum Gasteiger partial charge on any atom is 0.343 e. The summed E-state index contributed by atoms with van der Waals surface area (Å²) in [5, 5.41) is 12.0. The van der Waals surface area contributed by atoms with Gasteiger partial charge in [0.15, 0.2) is 0 Å². The molecule has 3 aromatic rings. The summed E-state index contributed by atoms with van der Waals surface area (Å²) in [7, 11) is 0. The van der Waals surface area contributed by atoms with Crippen molar-refractivity contribution in [3.63, 3.8) is 0 Å². The second-order valence-corrected chi connectivity index (χ2v) is 7.71. The fourth-order valence-electron chi connectivity index (χ4n) is 2.68. The second-order valence-electron chi connectivity index (χ2n) is 7.71. The fourth-order valence-corrected chi connectivity index (χ4v) is 2.68. The van der Waals surface area contributed by atoms with Crippen LogP contribution < -0.4 is 15.7 Å². The van der Waals surface area contributed by atoms with Gasteiger partial charge in [-0.15, -0.1) is 10.2 Å². The molecule has 0 fully saturated rings. The van der Waals surface area contributed by atoms with Gasteiger partial charge in [0.25, 0.3) is 5.56 Å². The van der Waals surface area contributed by atoms with E-state index in [1.807, 2.05) is 39.8 Å². The zero-order valence-electron chi connectivity index (χ0n) is 17.3. The molecule has 8 nitrogen and oxygen atoms in total. The van der Waals surface area contributed by atoms with Crippen LogP contribution in [0.3, 0.4) is 0 Å². The number of carbonyl (C=O) groups is 1. The summed E-state index contributed by atoms with van der Waals surface area (Å²) in [6, 6.07) is 14.2. The number of H-pyrrole nitrogens is 1. The maximum absolute atomic E-state index is 12.5. The number of aryl methyl sites for hydroxylation is 1. The van der Waals surface area contributed by atoms with Crippen molar-refractivity contribution >= 4 is 18.1 Å². The zero-order chi connectivity index (χ0) is 21.7. The van der Waals surface area contributed by atoms with Crippen molar-refractivity contribution in [3.8, 4) is 5.75 Å². The molecule has 154 valence electrons. The van der Waals surface area contributed by atoms with E-state index in [1.54, 1.807) is 36.4 Å². The first kappa shape index (κ1) is 20.9. The van der Waals surface area contributed by atoms with E-state index < -0.39 is 11.4 Å². The molecule has 0 radical (unpaired) electrons. The fraction of sp³-hybridized carbons (Fsp3) is 0.227. The molecular weight excluding hydrogens is 382 g/mol. The Hall–Kier alpha value is -3.81. The van der Waals surface area contributed by atoms with Crippen molar-refractivity contribution in [2.75, 3.05) is 5.43 Å². The Kier molecular flexibility index (Phi) is 6.06. The lowest BCUT2D eigenvalue weighted by Crippen LogP contribution is -2.28. The quantitative estimate of drug-likeness (QED) is 0.291. The van der Waals surface area contributed by atoms with Gasteiger partial charge in [-0.25, -0.2) is 10.2 Å². The average molecular weight is 405 g/mol. The molecule has 0 unspecified atom stereocenters. The predicted molar refractivity (Wildman–Crippen MR) is 115 cm³/mol. The molecule has 8 heteroatoms. The number of anilines is 1. The standard InChI is InChI=1S/C22H23N5O3/c1-14-9-5-7-11-16(14)20(29)30-17-12-8-6-10-15(17)13-23-26-21-24-19(28)18(25-27-21)22(2,3)4/h5-13H,1-4H3,(H2,24,26,27,28)/b23-13+. The monoisotopic (exact) mass is 405 g/mol. The summed E-state index contributed by atoms with van der Waals surface area (Å²) in [6.07, 6.45) is 1.47. The lowest BCUT2D eigenvalue weighted by molar-refractivity contribution is 0.0733. The van der Waals surface area contributed by atoms with Crippen LogP contribution in [0.5, 0.6) is 5.75 Å². The van der Waals surface area contributed by atoms with E-state index in [-0.39, 0.29) is 11.5 Å². The highest BCUT2D eigenvalue weighted by Gasteiger charge is 2.20. The van der Waals surface area contributed by atoms with Gasteiger partial charge in [-0.05, 0) is 30.7 Å². The molecule has 0 atom stereocenters. The number of esters is 1. The van der Waals surface area contributed by atoms with E-state index in [0.29, 0.717) is 22.6 Å². The number of aromatic amines is 1. The maximum atomic E-state index is 12.5. The normalized spacial score (nSPS) is 11.5. The number of carbonyl (C=O) groups excluding carboxylic acids is 1. The van der Waals surface area contributed by atoms with E-state index in [0.717, 1.165) is 5.56 Å². The van der Waals surface area contributed by atoms with Crippen LogP contribution in [0.15, 0.2) is 58.4 Å². The minimum atomic E-state index is -0.449. The van der Waals surface area contributed by atoms with Crippen LogP contribution in [0.1, 0.15) is 48.0 Å². The molecule has 0 spiro atoms. The van der Waals surface area contributed by atoms with Crippen LogP contribution in [0.4, 0.5) is 5.95 Å². The Morgan fingerprint density at radius 3 is 2.50 bits per heavy atom. The number of hydrogen-bond acceptors (Lipinski definition) is 7. The van der Waals surface area contributed by atoms with E-state index in [2.05, 4.69) is 25.7 Å². The van der Waals surface area contributed by atoms with E-state index >= 15 is 0 Å². The molecule has 3 rings (SSSR count). The number of rotatable bonds is 5. The first-order chi connectivity index (χ1) is 14.3. The van der Waals surface area contributed by atoms with Gasteiger partial charge in [0.1, 0.15) is 11.4 Å². The SMILES string of the molecule is Cc1ccccc1C(=O)Oc1ccccc1/C=N/Nc1nnc(C(C)(C)C)c(=O)[nH]1. The van der Waals surface area contributed by atoms with Gasteiger partial charge in [0.05, 0.1) is 11.8 Å². The highest BCUT2D eigenvalue weighted by atomic mass is 16.5. The number of nitrogens with one attached hydrogen (secondary N) is 2. The minimum Gasteiger partial charge on any atom is -0.422 e. The molecule has 1 heterocycles. The van der Waals surface area contributed by atoms with Gasteiger partial charge in [-0.1, -0.05) is 51.1 Å². The molecule has 1 aromatic heterocycles. The molecular formula is C22H23N5O3. The third-order valence-electron chi connectivity index (χ3n) is 4.27. The average Bonchev–Trinajstić information content (AvgIpc) is 2.68. The lowest BCUT2D eigenvalue weighted by Gasteiger charge is -2.15. The summed E-state index contributed by atoms with van der Waals surface area (Å²) in [4.78, 5) is 27.2. The summed E-state index contributed by atoms with van der Waals surface area (Å²) in [5.41, 5.74) is 4.13. The molecule has 0 amide bonds. The Morgan fingerprint density at radius 2 is 1.80 bits per heavy atom. The summed E-state index contributed by atoms with van der Waals surface area (Å²) in [6.45, 7) is 7.49. The Morgan fingerprint density at radius 1 is 1.10 bits per heavy atom. The third kappa shape index (κ3) is 4.96. The van der Waals surface area contributed by atoms with Gasteiger partial charge >= 0.3 is 5.97 Å². The first-order valence-corrected chi connectivity index (χ1v) is 9.39. The first-order valence-electron chi connectivity index (χ1n) is 9.39. The number of hydrazone groups is 1. The molecule has 30 heavy (non-hydrogen) atoms. The van der Waals surface area contributed by atoms with Gasteiger partial charge in [-0.2, -0.15) is 5.10 Å². The van der Waals surface area contributed by atoms with Gasteiger partial charge in [-0.3, -0.25) is 9.78 Å². The van der Waals surface area contributed by atoms with Crippen molar-refractivity contribution in [3.05, 3.63) is 81.3 Å². The molecule has 0 aliphatic rings. The topological polar surface area (TPSA) is 109 Å². The molecule has 0 saturated carbocycles. The molecule has 2 aromatic carbocycles. The molecule has 0 aliphatic carbocycles. The second kappa shape index (κ2) is 8.69. The number of hydrogen-bond donors (Lipinski definition) is 2. The van der Waals surface area contributed by atoms with Crippen LogP contribution in [-0.4, -0.2) is 27.4 Å². The van der Waals surface area contributed by atoms with Crippen LogP contribution in [0.2, 0.25) is 0 Å². The van der Waals surface area contributed by atoms with Crippen molar-refractivity contribution < 1.29 is 9.53 Å². The van der Waals surface area contributed by atoms with Crippen molar-refractivity contribution in [2.24, 2.45) is 5.10 Å². The Balaban J connectivity index is 1.74. The van der Waals surface area contributed by atoms with Crippen LogP contribution >= 0.6 is 0 Å². The van der Waals surface area contributed by atoms with Gasteiger partial charge < -0.3 is 4.74 Å². The van der Waals surface area contributed by atoms with E-state index in [1.165, 1.54) is 6.21 Å². The van der Waals surface area contributed by atoms with Gasteiger partial charge in [0, 0.05) is 11.0 Å². The van der Waals surface area contributed by atoms with Crippen LogP contribution in [0, 0.1) is 6.92 Å². The highest BCUT2D eigenvalue weighted by molar-refractivity contribution is 5.94. The number of aromatic nitrogens is 3. The number of ether oxygens (including phenoxy) is 1. The number of para-hydroxylation sites is 1. The van der Waals surface area contributed by atoms with E-state index in [4.69, 9.17) is 4.74 Å². The molecule has 0 saturated heterocycles. The number of benzene rings is 2. The van der Waals surface area contributed by atoms with Crippen molar-refractivity contribution in [1.29, 1.82) is 0 Å². The smallest absolute Gasteiger partial charge is 0.343 e.